The average Bonchev–Trinajstić information content (AvgIpc) is 2.69. The molecule has 2 aromatic carbocycles. The second kappa shape index (κ2) is 9.94. The molecule has 0 bridgehead atoms. The molecule has 0 atom stereocenters. The van der Waals surface area contributed by atoms with E-state index in [2.05, 4.69) is 0 Å². The van der Waals surface area contributed by atoms with Crippen molar-refractivity contribution in [1.29, 1.82) is 0 Å². The van der Waals surface area contributed by atoms with Gasteiger partial charge in [0.2, 0.25) is 0 Å². The number of alkyl halides is 8. The Hall–Kier alpha value is -2.24. The van der Waals surface area contributed by atoms with E-state index in [1.165, 1.54) is 0 Å². The third-order valence-electron chi connectivity index (χ3n) is 4.22. The number of nitrogens with one attached hydrogen (secondary N) is 2. The molecule has 0 heterocycles. The molecule has 0 radical (unpaired) electrons. The number of amides is 2. The van der Waals surface area contributed by atoms with Crippen molar-refractivity contribution in [2.24, 2.45) is 0 Å². The van der Waals surface area contributed by atoms with Crippen LogP contribution in [0.25, 0.3) is 0 Å². The molecule has 0 saturated carbocycles. The van der Waals surface area contributed by atoms with Gasteiger partial charge in [0, 0.05) is 23.7 Å². The molecule has 0 aliphatic carbocycles. The zero-order chi connectivity index (χ0) is 25.2. The van der Waals surface area contributed by atoms with Crippen molar-refractivity contribution in [2.75, 3.05) is 16.5 Å². The van der Waals surface area contributed by atoms with Gasteiger partial charge in [-0.25, -0.2) is 4.39 Å². The summed E-state index contributed by atoms with van der Waals surface area (Å²) in [6.45, 7) is 0. The molecule has 0 aliphatic rings. The van der Waals surface area contributed by atoms with Crippen molar-refractivity contribution in [3.8, 4) is 0 Å². The summed E-state index contributed by atoms with van der Waals surface area (Å²) in [5, 5.41) is 2.28. The summed E-state index contributed by atoms with van der Waals surface area (Å²) < 4.78 is 93.3. The lowest BCUT2D eigenvalue weighted by Gasteiger charge is -2.23. The van der Waals surface area contributed by atoms with Crippen LogP contribution in [0.1, 0.15) is 17.5 Å². The normalized spacial score (nSPS) is 12.4. The summed E-state index contributed by atoms with van der Waals surface area (Å²) in [6, 6.07) is 4.32. The molecule has 0 aliphatic heterocycles. The minimum absolute atomic E-state index is 0.425. The highest BCUT2D eigenvalue weighted by molar-refractivity contribution is 6.32. The first kappa shape index (κ1) is 27.0. The minimum atomic E-state index is -4.89. The molecule has 14 heteroatoms. The van der Waals surface area contributed by atoms with Crippen LogP contribution in [0.15, 0.2) is 36.4 Å². The Morgan fingerprint density at radius 3 is 1.39 bits per heavy atom. The van der Waals surface area contributed by atoms with Crippen molar-refractivity contribution in [3.05, 3.63) is 57.6 Å². The lowest BCUT2D eigenvalue weighted by Crippen LogP contribution is -2.49. The van der Waals surface area contributed by atoms with Gasteiger partial charge in [-0.05, 0) is 36.4 Å². The lowest BCUT2D eigenvalue weighted by molar-refractivity contribution is -0.140. The molecule has 0 unspecified atom stereocenters. The maximum Gasteiger partial charge on any atom is 0.417 e. The van der Waals surface area contributed by atoms with Crippen molar-refractivity contribution in [2.45, 2.75) is 24.4 Å². The van der Waals surface area contributed by atoms with E-state index in [4.69, 9.17) is 34.8 Å². The monoisotopic (exact) mass is 538 g/mol. The van der Waals surface area contributed by atoms with Crippen LogP contribution in [0.5, 0.6) is 0 Å². The molecule has 180 valence electrons. The second-order valence-electron chi connectivity index (χ2n) is 6.53. The maximum atomic E-state index is 15.4. The van der Waals surface area contributed by atoms with E-state index in [-0.39, 0.29) is 0 Å². The van der Waals surface area contributed by atoms with E-state index in [0.717, 1.165) is 24.3 Å². The maximum absolute atomic E-state index is 15.4. The standard InChI is InChI=1S/C19H12Cl3F7N2O2/c20-6-5-17(23,15(32)30-9-1-3-13(21)11(7-9)18(24,25)26)16(33)31-10-2-4-14(22)12(8-10)19(27,28)29/h1-4,7-8H,5-6H2,(H,30,32)(H,31,33). The first-order chi connectivity index (χ1) is 15.1. The Kier molecular flexibility index (Phi) is 8.14. The smallest absolute Gasteiger partial charge is 0.323 e. The number of anilines is 2. The second-order valence-corrected chi connectivity index (χ2v) is 7.73. The first-order valence-electron chi connectivity index (χ1n) is 8.71. The predicted molar refractivity (Wildman–Crippen MR) is 109 cm³/mol. The lowest BCUT2D eigenvalue weighted by atomic mass is 9.99. The summed E-state index contributed by atoms with van der Waals surface area (Å²) in [4.78, 5) is 24.9. The Balaban J connectivity index is 2.32. The van der Waals surface area contributed by atoms with Crippen molar-refractivity contribution in [3.63, 3.8) is 0 Å². The number of rotatable bonds is 6. The topological polar surface area (TPSA) is 58.2 Å². The van der Waals surface area contributed by atoms with Crippen LogP contribution in [0.2, 0.25) is 10.0 Å². The quantitative estimate of drug-likeness (QED) is 0.237. The molecule has 4 nitrogen and oxygen atoms in total. The zero-order valence-corrected chi connectivity index (χ0v) is 18.2. The Morgan fingerprint density at radius 2 is 1.09 bits per heavy atom. The van der Waals surface area contributed by atoms with Gasteiger partial charge in [0.25, 0.3) is 17.5 Å². The first-order valence-corrected chi connectivity index (χ1v) is 10.00. The third kappa shape index (κ3) is 6.42. The van der Waals surface area contributed by atoms with Crippen molar-refractivity contribution < 1.29 is 40.3 Å². The van der Waals surface area contributed by atoms with E-state index in [1.54, 1.807) is 0 Å². The fourth-order valence-electron chi connectivity index (χ4n) is 2.56. The number of halogens is 10. The van der Waals surface area contributed by atoms with E-state index >= 15 is 4.39 Å². The number of hydrogen-bond acceptors (Lipinski definition) is 2. The molecule has 2 aromatic rings. The predicted octanol–water partition coefficient (Wildman–Crippen LogP) is 6.95. The van der Waals surface area contributed by atoms with Gasteiger partial charge in [-0.15, -0.1) is 11.6 Å². The summed E-state index contributed by atoms with van der Waals surface area (Å²) in [6.07, 6.45) is -10.7. The number of benzene rings is 2. The van der Waals surface area contributed by atoms with Gasteiger partial charge in [-0.2, -0.15) is 26.3 Å². The molecular weight excluding hydrogens is 528 g/mol. The zero-order valence-electron chi connectivity index (χ0n) is 16.0. The van der Waals surface area contributed by atoms with E-state index in [1.807, 2.05) is 10.6 Å². The Morgan fingerprint density at radius 1 is 0.727 bits per heavy atom. The summed E-state index contributed by atoms with van der Waals surface area (Å²) in [7, 11) is 0. The van der Waals surface area contributed by atoms with Gasteiger partial charge < -0.3 is 10.6 Å². The van der Waals surface area contributed by atoms with Gasteiger partial charge in [0.1, 0.15) is 0 Å². The summed E-state index contributed by atoms with van der Waals surface area (Å²) >= 11 is 16.4. The van der Waals surface area contributed by atoms with Crippen LogP contribution < -0.4 is 10.6 Å². The number of carbonyl (C=O) groups excluding carboxylic acids is 2. The molecule has 2 amide bonds. The van der Waals surface area contributed by atoms with Gasteiger partial charge >= 0.3 is 12.4 Å². The minimum Gasteiger partial charge on any atom is -0.323 e. The largest absolute Gasteiger partial charge is 0.417 e. The molecular formula is C19H12Cl3F7N2O2. The van der Waals surface area contributed by atoms with Crippen LogP contribution in [-0.2, 0) is 21.9 Å². The van der Waals surface area contributed by atoms with Crippen molar-refractivity contribution >= 4 is 58.0 Å². The molecule has 0 spiro atoms. The average molecular weight is 540 g/mol. The molecule has 0 aromatic heterocycles. The fraction of sp³-hybridized carbons (Fsp3) is 0.263. The summed E-state index contributed by atoms with van der Waals surface area (Å²) in [5.41, 5.74) is -7.17. The number of hydrogen-bond donors (Lipinski definition) is 2. The summed E-state index contributed by atoms with van der Waals surface area (Å²) in [5.74, 6) is -3.97. The molecule has 0 saturated heterocycles. The van der Waals surface area contributed by atoms with E-state index < -0.39 is 74.7 Å². The molecule has 33 heavy (non-hydrogen) atoms. The van der Waals surface area contributed by atoms with Crippen LogP contribution >= 0.6 is 34.8 Å². The molecule has 2 rings (SSSR count). The third-order valence-corrected chi connectivity index (χ3v) is 5.07. The van der Waals surface area contributed by atoms with Gasteiger partial charge in [-0.3, -0.25) is 9.59 Å². The highest BCUT2D eigenvalue weighted by Gasteiger charge is 2.46. The Labute approximate surface area is 197 Å². The van der Waals surface area contributed by atoms with Gasteiger partial charge in [0.05, 0.1) is 21.2 Å². The Bertz CT molecular complexity index is 981. The van der Waals surface area contributed by atoms with Crippen molar-refractivity contribution in [1.82, 2.24) is 0 Å². The van der Waals surface area contributed by atoms with E-state index in [9.17, 15) is 35.9 Å². The van der Waals surface area contributed by atoms with Crippen LogP contribution in [0, 0.1) is 0 Å². The van der Waals surface area contributed by atoms with Crippen LogP contribution in [0.3, 0.4) is 0 Å². The van der Waals surface area contributed by atoms with Crippen LogP contribution in [-0.4, -0.2) is 23.4 Å². The van der Waals surface area contributed by atoms with Gasteiger partial charge in [0.15, 0.2) is 0 Å². The fourth-order valence-corrected chi connectivity index (χ4v) is 3.27. The van der Waals surface area contributed by atoms with Gasteiger partial charge in [-0.1, -0.05) is 23.2 Å². The highest BCUT2D eigenvalue weighted by Crippen LogP contribution is 2.38. The highest BCUT2D eigenvalue weighted by atomic mass is 35.5. The van der Waals surface area contributed by atoms with Crippen LogP contribution in [0.4, 0.5) is 42.1 Å². The van der Waals surface area contributed by atoms with E-state index in [0.29, 0.717) is 12.1 Å². The SMILES string of the molecule is O=C(Nc1ccc(Cl)c(C(F)(F)F)c1)C(F)(CCCl)C(=O)Nc1ccc(Cl)c(C(F)(F)F)c1. The number of carbonyl (C=O) groups is 2. The molecule has 0 fully saturated rings. The molecule has 2 N–H and O–H groups in total.